The highest BCUT2D eigenvalue weighted by Crippen LogP contribution is 2.28. The average molecular weight is 369 g/mol. The number of benzene rings is 2. The largest absolute Gasteiger partial charge is 0.493 e. The lowest BCUT2D eigenvalue weighted by Crippen LogP contribution is -2.46. The summed E-state index contributed by atoms with van der Waals surface area (Å²) in [4.78, 5) is 25.9. The summed E-state index contributed by atoms with van der Waals surface area (Å²) in [7, 11) is 3.13. The highest BCUT2D eigenvalue weighted by Gasteiger charge is 2.19. The van der Waals surface area contributed by atoms with Crippen LogP contribution in [0, 0.1) is 0 Å². The van der Waals surface area contributed by atoms with E-state index in [2.05, 4.69) is 10.6 Å². The third kappa shape index (κ3) is 4.49. The van der Waals surface area contributed by atoms with Gasteiger partial charge in [0.2, 0.25) is 5.91 Å². The third-order valence-electron chi connectivity index (χ3n) is 4.36. The molecule has 142 valence electrons. The van der Waals surface area contributed by atoms with Crippen molar-refractivity contribution >= 4 is 23.3 Å². The van der Waals surface area contributed by atoms with Crippen LogP contribution in [-0.4, -0.2) is 39.2 Å². The first-order valence-corrected chi connectivity index (χ1v) is 8.77. The van der Waals surface area contributed by atoms with Crippen LogP contribution in [0.15, 0.2) is 42.5 Å². The first-order chi connectivity index (χ1) is 13.1. The second-order valence-electron chi connectivity index (χ2n) is 6.20. The standard InChI is InChI=1S/C20H23N3O4/c1-26-17-9-4-14(12-18(17)27-2)13-19(24)22-15-5-7-16(8-6-15)23-11-3-10-21-20(23)25/h4-9,12H,3,10-11,13H2,1-2H3,(H,21,25)(H,22,24). The molecule has 0 atom stereocenters. The van der Waals surface area contributed by atoms with Gasteiger partial charge in [0.25, 0.3) is 0 Å². The Bertz CT molecular complexity index is 820. The Labute approximate surface area is 158 Å². The van der Waals surface area contributed by atoms with Crippen LogP contribution in [-0.2, 0) is 11.2 Å². The van der Waals surface area contributed by atoms with Gasteiger partial charge >= 0.3 is 6.03 Å². The van der Waals surface area contributed by atoms with Gasteiger partial charge in [-0.15, -0.1) is 0 Å². The summed E-state index contributed by atoms with van der Waals surface area (Å²) in [5.74, 6) is 1.08. The van der Waals surface area contributed by atoms with E-state index in [9.17, 15) is 9.59 Å². The van der Waals surface area contributed by atoms with Crippen molar-refractivity contribution < 1.29 is 19.1 Å². The smallest absolute Gasteiger partial charge is 0.321 e. The lowest BCUT2D eigenvalue weighted by Gasteiger charge is -2.27. The number of nitrogens with zero attached hydrogens (tertiary/aromatic N) is 1. The molecule has 1 aliphatic rings. The van der Waals surface area contributed by atoms with E-state index in [0.29, 0.717) is 30.3 Å². The number of urea groups is 1. The molecule has 0 aliphatic carbocycles. The van der Waals surface area contributed by atoms with E-state index < -0.39 is 0 Å². The second-order valence-corrected chi connectivity index (χ2v) is 6.20. The van der Waals surface area contributed by atoms with Crippen molar-refractivity contribution in [1.82, 2.24) is 5.32 Å². The lowest BCUT2D eigenvalue weighted by molar-refractivity contribution is -0.115. The topological polar surface area (TPSA) is 79.9 Å². The van der Waals surface area contributed by atoms with Crippen LogP contribution in [0.2, 0.25) is 0 Å². The van der Waals surface area contributed by atoms with Gasteiger partial charge in [-0.05, 0) is 48.4 Å². The molecule has 0 radical (unpaired) electrons. The minimum atomic E-state index is -0.134. The molecule has 3 rings (SSSR count). The second kappa shape index (κ2) is 8.44. The van der Waals surface area contributed by atoms with Crippen molar-refractivity contribution in [1.29, 1.82) is 0 Å². The minimum absolute atomic E-state index is 0.0912. The maximum absolute atomic E-state index is 12.3. The Kier molecular flexibility index (Phi) is 5.80. The molecule has 7 heteroatoms. The van der Waals surface area contributed by atoms with E-state index in [-0.39, 0.29) is 18.4 Å². The molecule has 1 fully saturated rings. The van der Waals surface area contributed by atoms with Gasteiger partial charge in [0, 0.05) is 24.5 Å². The van der Waals surface area contributed by atoms with Crippen molar-refractivity contribution in [3.8, 4) is 11.5 Å². The van der Waals surface area contributed by atoms with E-state index in [4.69, 9.17) is 9.47 Å². The van der Waals surface area contributed by atoms with Crippen LogP contribution in [0.5, 0.6) is 11.5 Å². The van der Waals surface area contributed by atoms with Crippen LogP contribution in [0.1, 0.15) is 12.0 Å². The summed E-state index contributed by atoms with van der Waals surface area (Å²) in [5.41, 5.74) is 2.32. The normalized spacial score (nSPS) is 13.7. The molecule has 0 spiro atoms. The molecule has 2 aromatic rings. The molecular formula is C20H23N3O4. The first-order valence-electron chi connectivity index (χ1n) is 8.77. The molecule has 1 saturated heterocycles. The number of hydrogen-bond acceptors (Lipinski definition) is 4. The number of ether oxygens (including phenoxy) is 2. The summed E-state index contributed by atoms with van der Waals surface area (Å²) >= 11 is 0. The van der Waals surface area contributed by atoms with Gasteiger partial charge < -0.3 is 20.1 Å². The zero-order valence-corrected chi connectivity index (χ0v) is 15.5. The van der Waals surface area contributed by atoms with Gasteiger partial charge in [-0.1, -0.05) is 6.07 Å². The van der Waals surface area contributed by atoms with E-state index in [0.717, 1.165) is 17.7 Å². The quantitative estimate of drug-likeness (QED) is 0.821. The molecule has 0 saturated carbocycles. The Morgan fingerprint density at radius 3 is 2.52 bits per heavy atom. The number of methoxy groups -OCH3 is 2. The number of anilines is 2. The molecule has 1 aliphatic heterocycles. The van der Waals surface area contributed by atoms with Gasteiger partial charge in [0.15, 0.2) is 11.5 Å². The number of hydrogen-bond donors (Lipinski definition) is 2. The molecule has 0 unspecified atom stereocenters. The van der Waals surface area contributed by atoms with Crippen LogP contribution in [0.4, 0.5) is 16.2 Å². The molecule has 3 amide bonds. The molecule has 1 heterocycles. The van der Waals surface area contributed by atoms with Crippen molar-refractivity contribution in [3.05, 3.63) is 48.0 Å². The maximum atomic E-state index is 12.3. The minimum Gasteiger partial charge on any atom is -0.493 e. The summed E-state index contributed by atoms with van der Waals surface area (Å²) in [6, 6.07) is 12.6. The van der Waals surface area contributed by atoms with Gasteiger partial charge in [-0.3, -0.25) is 9.69 Å². The summed E-state index contributed by atoms with van der Waals surface area (Å²) in [6.45, 7) is 1.40. The summed E-state index contributed by atoms with van der Waals surface area (Å²) < 4.78 is 10.5. The number of amides is 3. The Hall–Kier alpha value is -3.22. The molecule has 7 nitrogen and oxygen atoms in total. The highest BCUT2D eigenvalue weighted by atomic mass is 16.5. The van der Waals surface area contributed by atoms with Crippen molar-refractivity contribution in [2.24, 2.45) is 0 Å². The SMILES string of the molecule is COc1ccc(CC(=O)Nc2ccc(N3CCCNC3=O)cc2)cc1OC. The molecule has 0 aromatic heterocycles. The molecule has 0 bridgehead atoms. The Morgan fingerprint density at radius 2 is 1.85 bits per heavy atom. The van der Waals surface area contributed by atoms with Crippen LogP contribution in [0.3, 0.4) is 0 Å². The number of nitrogens with one attached hydrogen (secondary N) is 2. The van der Waals surface area contributed by atoms with Crippen LogP contribution in [0.25, 0.3) is 0 Å². The predicted octanol–water partition coefficient (Wildman–Crippen LogP) is 2.80. The van der Waals surface area contributed by atoms with Crippen LogP contribution >= 0.6 is 0 Å². The monoisotopic (exact) mass is 369 g/mol. The highest BCUT2D eigenvalue weighted by molar-refractivity contribution is 5.94. The number of rotatable bonds is 6. The zero-order valence-electron chi connectivity index (χ0n) is 15.5. The van der Waals surface area contributed by atoms with Gasteiger partial charge in [-0.2, -0.15) is 0 Å². The van der Waals surface area contributed by atoms with Crippen molar-refractivity contribution in [2.45, 2.75) is 12.8 Å². The zero-order chi connectivity index (χ0) is 19.2. The Morgan fingerprint density at radius 1 is 1.11 bits per heavy atom. The first kappa shape index (κ1) is 18.6. The third-order valence-corrected chi connectivity index (χ3v) is 4.36. The van der Waals surface area contributed by atoms with E-state index in [1.807, 2.05) is 18.2 Å². The van der Waals surface area contributed by atoms with E-state index in [1.54, 1.807) is 43.4 Å². The summed E-state index contributed by atoms with van der Waals surface area (Å²) in [5, 5.41) is 5.69. The molecule has 27 heavy (non-hydrogen) atoms. The maximum Gasteiger partial charge on any atom is 0.321 e. The number of carbonyl (C=O) groups excluding carboxylic acids is 2. The van der Waals surface area contributed by atoms with Crippen LogP contribution < -0.4 is 25.0 Å². The van der Waals surface area contributed by atoms with E-state index >= 15 is 0 Å². The molecule has 2 N–H and O–H groups in total. The molecule has 2 aromatic carbocycles. The summed E-state index contributed by atoms with van der Waals surface area (Å²) in [6.07, 6.45) is 1.13. The fraction of sp³-hybridized carbons (Fsp3) is 0.300. The fourth-order valence-corrected chi connectivity index (χ4v) is 2.98. The van der Waals surface area contributed by atoms with Gasteiger partial charge in [-0.25, -0.2) is 4.79 Å². The lowest BCUT2D eigenvalue weighted by atomic mass is 10.1. The fourth-order valence-electron chi connectivity index (χ4n) is 2.98. The van der Waals surface area contributed by atoms with E-state index in [1.165, 1.54) is 0 Å². The Balaban J connectivity index is 1.62. The number of carbonyl (C=O) groups is 2. The van der Waals surface area contributed by atoms with Gasteiger partial charge in [0.05, 0.1) is 20.6 Å². The van der Waals surface area contributed by atoms with Gasteiger partial charge in [0.1, 0.15) is 0 Å². The average Bonchev–Trinajstić information content (AvgIpc) is 2.69. The van der Waals surface area contributed by atoms with Crippen molar-refractivity contribution in [3.63, 3.8) is 0 Å². The molecular weight excluding hydrogens is 346 g/mol. The predicted molar refractivity (Wildman–Crippen MR) is 104 cm³/mol. The van der Waals surface area contributed by atoms with Crippen molar-refractivity contribution in [2.75, 3.05) is 37.5 Å².